The zero-order chi connectivity index (χ0) is 26.6. The van der Waals surface area contributed by atoms with Crippen molar-refractivity contribution in [3.8, 4) is 5.69 Å². The summed E-state index contributed by atoms with van der Waals surface area (Å²) in [5.74, 6) is -1.94. The van der Waals surface area contributed by atoms with Gasteiger partial charge in [-0.05, 0) is 37.1 Å². The molecule has 0 saturated carbocycles. The first-order valence-corrected chi connectivity index (χ1v) is 11.8. The molecule has 3 rings (SSSR count). The minimum Gasteiger partial charge on any atom is -0.315 e. The number of halogens is 2. The Morgan fingerprint density at radius 2 is 1.67 bits per heavy atom. The average Bonchev–Trinajstić information content (AvgIpc) is 3.20. The van der Waals surface area contributed by atoms with Crippen LogP contribution in [0.3, 0.4) is 0 Å². The van der Waals surface area contributed by atoms with Crippen molar-refractivity contribution in [3.63, 3.8) is 0 Å². The van der Waals surface area contributed by atoms with Crippen molar-refractivity contribution < 1.29 is 18.4 Å². The van der Waals surface area contributed by atoms with E-state index in [0.717, 1.165) is 29.1 Å². The Kier molecular flexibility index (Phi) is 8.12. The Morgan fingerprint density at radius 3 is 2.25 bits per heavy atom. The van der Waals surface area contributed by atoms with Crippen molar-refractivity contribution >= 4 is 23.4 Å². The van der Waals surface area contributed by atoms with Crippen LogP contribution in [0.1, 0.15) is 45.9 Å². The third-order valence-electron chi connectivity index (χ3n) is 5.40. The zero-order valence-electron chi connectivity index (χ0n) is 21.5. The van der Waals surface area contributed by atoms with Gasteiger partial charge in [0.15, 0.2) is 11.6 Å². The predicted molar refractivity (Wildman–Crippen MR) is 137 cm³/mol. The second-order valence-electron chi connectivity index (χ2n) is 10.3. The molecule has 0 atom stereocenters. The van der Waals surface area contributed by atoms with Crippen molar-refractivity contribution in [2.75, 3.05) is 23.7 Å². The molecule has 7 nitrogen and oxygen atoms in total. The van der Waals surface area contributed by atoms with Gasteiger partial charge in [0.1, 0.15) is 12.4 Å². The maximum atomic E-state index is 13.6. The first kappa shape index (κ1) is 26.8. The van der Waals surface area contributed by atoms with Crippen molar-refractivity contribution in [3.05, 3.63) is 71.4 Å². The van der Waals surface area contributed by atoms with E-state index in [2.05, 4.69) is 10.6 Å². The molecule has 0 bridgehead atoms. The summed E-state index contributed by atoms with van der Waals surface area (Å²) in [7, 11) is 0. The molecule has 0 aliphatic rings. The number of benzene rings is 2. The monoisotopic (exact) mass is 497 g/mol. The smallest absolute Gasteiger partial charge is 0.315 e. The molecule has 0 fully saturated rings. The highest BCUT2D eigenvalue weighted by Gasteiger charge is 2.24. The number of aromatic nitrogens is 2. The highest BCUT2D eigenvalue weighted by Crippen LogP contribution is 2.26. The number of urea groups is 1. The number of nitrogens with zero attached hydrogens (tertiary/aromatic N) is 3. The summed E-state index contributed by atoms with van der Waals surface area (Å²) in [6, 6.07) is 12.1. The second-order valence-corrected chi connectivity index (χ2v) is 10.3. The van der Waals surface area contributed by atoms with Gasteiger partial charge in [0.2, 0.25) is 5.91 Å². The lowest BCUT2D eigenvalue weighted by molar-refractivity contribution is -0.116. The standard InChI is InChI=1S/C27H33F2N5O2/c1-17(2)15-33(26(36)30-19-9-12-21(28)22(29)13-19)16-25(35)31-24-14-23(27(4,5)6)32-34(24)20-10-7-18(3)8-11-20/h7-14,17H,15-16H2,1-6H3,(H,30,36)(H,31,35). The largest absolute Gasteiger partial charge is 0.322 e. The summed E-state index contributed by atoms with van der Waals surface area (Å²) in [6.07, 6.45) is 0. The fraction of sp³-hybridized carbons (Fsp3) is 0.370. The maximum Gasteiger partial charge on any atom is 0.322 e. The summed E-state index contributed by atoms with van der Waals surface area (Å²) in [6.45, 7) is 12.0. The Bertz CT molecular complexity index is 1230. The van der Waals surface area contributed by atoms with Crippen molar-refractivity contribution in [2.45, 2.75) is 47.0 Å². The van der Waals surface area contributed by atoms with Crippen LogP contribution >= 0.6 is 0 Å². The van der Waals surface area contributed by atoms with Gasteiger partial charge in [-0.15, -0.1) is 0 Å². The minimum atomic E-state index is -1.07. The van der Waals surface area contributed by atoms with Gasteiger partial charge in [0.25, 0.3) is 0 Å². The van der Waals surface area contributed by atoms with Crippen molar-refractivity contribution in [1.29, 1.82) is 0 Å². The average molecular weight is 498 g/mol. The van der Waals surface area contributed by atoms with E-state index in [0.29, 0.717) is 5.82 Å². The number of carbonyl (C=O) groups is 2. The van der Waals surface area contributed by atoms with Gasteiger partial charge in [-0.2, -0.15) is 5.10 Å². The van der Waals surface area contributed by atoms with E-state index >= 15 is 0 Å². The van der Waals surface area contributed by atoms with Gasteiger partial charge < -0.3 is 15.5 Å². The molecule has 0 radical (unpaired) electrons. The van der Waals surface area contributed by atoms with Crippen LogP contribution in [0.5, 0.6) is 0 Å². The van der Waals surface area contributed by atoms with Crippen LogP contribution in [-0.4, -0.2) is 39.7 Å². The fourth-order valence-electron chi connectivity index (χ4n) is 3.51. The number of carbonyl (C=O) groups excluding carboxylic acids is 2. The normalized spacial score (nSPS) is 11.5. The molecular weight excluding hydrogens is 464 g/mol. The molecule has 2 N–H and O–H groups in total. The van der Waals surface area contributed by atoms with E-state index in [1.165, 1.54) is 11.0 Å². The summed E-state index contributed by atoms with van der Waals surface area (Å²) in [4.78, 5) is 27.3. The molecular formula is C27H33F2N5O2. The molecule has 3 amide bonds. The molecule has 0 saturated heterocycles. The topological polar surface area (TPSA) is 79.3 Å². The number of nitrogens with one attached hydrogen (secondary N) is 2. The molecule has 9 heteroatoms. The summed E-state index contributed by atoms with van der Waals surface area (Å²) >= 11 is 0. The highest BCUT2D eigenvalue weighted by atomic mass is 19.2. The lowest BCUT2D eigenvalue weighted by Crippen LogP contribution is -2.42. The quantitative estimate of drug-likeness (QED) is 0.428. The molecule has 1 heterocycles. The van der Waals surface area contributed by atoms with Gasteiger partial charge in [0.05, 0.1) is 11.4 Å². The molecule has 3 aromatic rings. The summed E-state index contributed by atoms with van der Waals surface area (Å²) in [5.41, 5.74) is 2.54. The summed E-state index contributed by atoms with van der Waals surface area (Å²) in [5, 5.41) is 10.1. The molecule has 0 aliphatic heterocycles. The van der Waals surface area contributed by atoms with Crippen molar-refractivity contribution in [2.24, 2.45) is 5.92 Å². The van der Waals surface area contributed by atoms with E-state index in [-0.39, 0.29) is 30.1 Å². The second kappa shape index (κ2) is 10.9. The fourth-order valence-corrected chi connectivity index (χ4v) is 3.51. The van der Waals surface area contributed by atoms with Gasteiger partial charge >= 0.3 is 6.03 Å². The molecule has 192 valence electrons. The van der Waals surface area contributed by atoms with Crippen LogP contribution < -0.4 is 10.6 Å². The van der Waals surface area contributed by atoms with Crippen LogP contribution in [0.4, 0.5) is 25.1 Å². The van der Waals surface area contributed by atoms with Gasteiger partial charge in [-0.1, -0.05) is 52.3 Å². The first-order valence-electron chi connectivity index (χ1n) is 11.8. The molecule has 0 aliphatic carbocycles. The van der Waals surface area contributed by atoms with E-state index < -0.39 is 23.6 Å². The number of hydrogen-bond donors (Lipinski definition) is 2. The van der Waals surface area contributed by atoms with Crippen LogP contribution in [0, 0.1) is 24.5 Å². The summed E-state index contributed by atoms with van der Waals surface area (Å²) < 4.78 is 28.5. The van der Waals surface area contributed by atoms with Gasteiger partial charge in [0, 0.05) is 29.8 Å². The number of anilines is 2. The Balaban J connectivity index is 1.81. The third kappa shape index (κ3) is 6.90. The van der Waals surface area contributed by atoms with Crippen LogP contribution in [0.25, 0.3) is 5.69 Å². The molecule has 2 aromatic carbocycles. The number of amides is 3. The SMILES string of the molecule is Cc1ccc(-n2nc(C(C)(C)C)cc2NC(=O)CN(CC(C)C)C(=O)Nc2ccc(F)c(F)c2)cc1. The third-order valence-corrected chi connectivity index (χ3v) is 5.40. The van der Waals surface area contributed by atoms with Gasteiger partial charge in [-0.3, -0.25) is 4.79 Å². The van der Waals surface area contributed by atoms with Crippen LogP contribution in [0.15, 0.2) is 48.5 Å². The molecule has 0 unspecified atom stereocenters. The number of hydrogen-bond acceptors (Lipinski definition) is 3. The number of aryl methyl sites for hydroxylation is 1. The Hall–Kier alpha value is -3.75. The lowest BCUT2D eigenvalue weighted by atomic mass is 9.92. The van der Waals surface area contributed by atoms with Gasteiger partial charge in [-0.25, -0.2) is 18.3 Å². The minimum absolute atomic E-state index is 0.0686. The Morgan fingerprint density at radius 1 is 1.00 bits per heavy atom. The number of rotatable bonds is 7. The van der Waals surface area contributed by atoms with E-state index in [4.69, 9.17) is 5.10 Å². The first-order chi connectivity index (χ1) is 16.8. The van der Waals surface area contributed by atoms with Crippen molar-refractivity contribution in [1.82, 2.24) is 14.7 Å². The predicted octanol–water partition coefficient (Wildman–Crippen LogP) is 5.89. The molecule has 0 spiro atoms. The van der Waals surface area contributed by atoms with E-state index in [1.54, 1.807) is 4.68 Å². The highest BCUT2D eigenvalue weighted by molar-refractivity contribution is 5.96. The van der Waals surface area contributed by atoms with E-state index in [9.17, 15) is 18.4 Å². The molecule has 1 aromatic heterocycles. The molecule has 36 heavy (non-hydrogen) atoms. The zero-order valence-corrected chi connectivity index (χ0v) is 21.5. The Labute approximate surface area is 210 Å². The van der Waals surface area contributed by atoms with Crippen LogP contribution in [-0.2, 0) is 10.2 Å². The maximum absolute atomic E-state index is 13.6. The van der Waals surface area contributed by atoms with Crippen LogP contribution in [0.2, 0.25) is 0 Å². The van der Waals surface area contributed by atoms with E-state index in [1.807, 2.05) is 71.9 Å². The lowest BCUT2D eigenvalue weighted by Gasteiger charge is -2.24.